The van der Waals surface area contributed by atoms with E-state index in [9.17, 15) is 5.11 Å². The second-order valence-electron chi connectivity index (χ2n) is 7.73. The van der Waals surface area contributed by atoms with Crippen LogP contribution in [0.15, 0.2) is 18.3 Å². The fraction of sp³-hybridized carbons (Fsp3) is 0.421. The van der Waals surface area contributed by atoms with E-state index in [0.717, 1.165) is 35.5 Å². The maximum absolute atomic E-state index is 10.0. The van der Waals surface area contributed by atoms with Crippen LogP contribution in [-0.2, 0) is 5.60 Å². The summed E-state index contributed by atoms with van der Waals surface area (Å²) in [4.78, 5) is 13.4. The Hall–Kier alpha value is -2.87. The number of rotatable bonds is 4. The van der Waals surface area contributed by atoms with Gasteiger partial charge in [-0.3, -0.25) is 4.98 Å². The van der Waals surface area contributed by atoms with Crippen molar-refractivity contribution in [2.45, 2.75) is 51.0 Å². The van der Waals surface area contributed by atoms with E-state index in [2.05, 4.69) is 20.1 Å². The Balaban J connectivity index is 1.53. The van der Waals surface area contributed by atoms with Gasteiger partial charge in [-0.25, -0.2) is 9.97 Å². The lowest BCUT2D eigenvalue weighted by Crippen LogP contribution is -2.23. The van der Waals surface area contributed by atoms with Gasteiger partial charge in [0, 0.05) is 41.1 Å². The smallest absolute Gasteiger partial charge is 0.223 e. The first kappa shape index (κ1) is 17.5. The van der Waals surface area contributed by atoms with E-state index in [0.29, 0.717) is 17.3 Å². The van der Waals surface area contributed by atoms with Crippen molar-refractivity contribution in [3.8, 4) is 0 Å². The molecular weight excluding hydrogens is 342 g/mol. The van der Waals surface area contributed by atoms with Gasteiger partial charge >= 0.3 is 0 Å². The van der Waals surface area contributed by atoms with Gasteiger partial charge < -0.3 is 16.2 Å². The number of nitrogens with two attached hydrogens (primary N) is 1. The summed E-state index contributed by atoms with van der Waals surface area (Å²) in [7, 11) is 0. The number of hydrogen-bond donors (Lipinski definition) is 3. The molecule has 0 spiro atoms. The van der Waals surface area contributed by atoms with Crippen LogP contribution < -0.4 is 5.73 Å². The van der Waals surface area contributed by atoms with Gasteiger partial charge in [0.25, 0.3) is 0 Å². The van der Waals surface area contributed by atoms with Gasteiger partial charge in [-0.2, -0.15) is 4.52 Å². The van der Waals surface area contributed by atoms with Crippen LogP contribution in [0.4, 0.5) is 5.95 Å². The van der Waals surface area contributed by atoms with E-state index in [1.807, 2.05) is 19.1 Å². The first-order valence-corrected chi connectivity index (χ1v) is 9.00. The molecule has 27 heavy (non-hydrogen) atoms. The molecule has 0 unspecified atom stereocenters. The number of hydrogen-bond acceptors (Lipinski definition) is 7. The third kappa shape index (κ3) is 2.95. The largest absolute Gasteiger partial charge is 0.386 e. The number of nitrogens with one attached hydrogen (secondary N) is 1. The molecule has 140 valence electrons. The maximum atomic E-state index is 10.0. The first-order valence-electron chi connectivity index (χ1n) is 9.00. The van der Waals surface area contributed by atoms with Gasteiger partial charge in [-0.15, -0.1) is 5.10 Å². The van der Waals surface area contributed by atoms with Crippen LogP contribution in [0.1, 0.15) is 66.9 Å². The van der Waals surface area contributed by atoms with E-state index < -0.39 is 5.60 Å². The number of anilines is 1. The monoisotopic (exact) mass is 365 g/mol. The molecule has 8 nitrogen and oxygen atoms in total. The minimum atomic E-state index is -0.880. The standard InChI is InChI=1S/C19H23N7O/c1-10-15(8-20)23-18(21)26-17(10)24-16(25-26)12-6-11(7-12)14-5-4-13(9-22-14)19(2,3)27/h4-5,8-9,11-12,20,27H,6-7H2,1-3H3,(H2,21,23). The zero-order chi connectivity index (χ0) is 19.3. The lowest BCUT2D eigenvalue weighted by atomic mass is 9.72. The van der Waals surface area contributed by atoms with Gasteiger partial charge in [0.15, 0.2) is 11.5 Å². The predicted octanol–water partition coefficient (Wildman–Crippen LogP) is 2.30. The number of fused-ring (bicyclic) bond motifs is 1. The van der Waals surface area contributed by atoms with Crippen LogP contribution in [0.3, 0.4) is 0 Å². The molecule has 1 aliphatic rings. The Kier molecular flexibility index (Phi) is 3.96. The van der Waals surface area contributed by atoms with E-state index in [1.165, 1.54) is 6.21 Å². The molecular formula is C19H23N7O. The van der Waals surface area contributed by atoms with E-state index in [-0.39, 0.29) is 11.9 Å². The Morgan fingerprint density at radius 3 is 2.59 bits per heavy atom. The summed E-state index contributed by atoms with van der Waals surface area (Å²) in [5, 5.41) is 22.0. The lowest BCUT2D eigenvalue weighted by Gasteiger charge is -2.33. The predicted molar refractivity (Wildman–Crippen MR) is 102 cm³/mol. The molecule has 0 aromatic carbocycles. The van der Waals surface area contributed by atoms with Crippen molar-refractivity contribution in [3.63, 3.8) is 0 Å². The second kappa shape index (κ2) is 6.09. The fourth-order valence-corrected chi connectivity index (χ4v) is 3.49. The normalized spacial score (nSPS) is 19.9. The molecule has 4 rings (SSSR count). The Labute approximate surface area is 157 Å². The summed E-state index contributed by atoms with van der Waals surface area (Å²) < 4.78 is 1.56. The Morgan fingerprint density at radius 1 is 1.26 bits per heavy atom. The third-order valence-electron chi connectivity index (χ3n) is 5.35. The summed E-state index contributed by atoms with van der Waals surface area (Å²) in [5.41, 5.74) is 8.90. The van der Waals surface area contributed by atoms with Crippen molar-refractivity contribution < 1.29 is 5.11 Å². The quantitative estimate of drug-likeness (QED) is 0.609. The summed E-state index contributed by atoms with van der Waals surface area (Å²) in [6.45, 7) is 5.38. The molecule has 0 saturated heterocycles. The van der Waals surface area contributed by atoms with E-state index in [1.54, 1.807) is 24.6 Å². The van der Waals surface area contributed by atoms with Crippen molar-refractivity contribution in [3.05, 3.63) is 46.7 Å². The number of aromatic nitrogens is 5. The van der Waals surface area contributed by atoms with Crippen LogP contribution >= 0.6 is 0 Å². The molecule has 0 atom stereocenters. The molecule has 4 N–H and O–H groups in total. The minimum absolute atomic E-state index is 0.243. The molecule has 1 fully saturated rings. The number of nitrogen functional groups attached to an aromatic ring is 1. The highest BCUT2D eigenvalue weighted by Gasteiger charge is 2.35. The Bertz CT molecular complexity index is 1010. The van der Waals surface area contributed by atoms with Gasteiger partial charge in [-0.1, -0.05) is 6.07 Å². The zero-order valence-electron chi connectivity index (χ0n) is 15.6. The number of pyridine rings is 1. The fourth-order valence-electron chi connectivity index (χ4n) is 3.49. The van der Waals surface area contributed by atoms with E-state index >= 15 is 0 Å². The first-order chi connectivity index (χ1) is 12.8. The molecule has 1 aliphatic carbocycles. The van der Waals surface area contributed by atoms with Crippen molar-refractivity contribution in [2.75, 3.05) is 5.73 Å². The molecule has 8 heteroatoms. The highest BCUT2D eigenvalue weighted by molar-refractivity contribution is 5.80. The number of nitrogens with zero attached hydrogens (tertiary/aromatic N) is 5. The molecule has 1 saturated carbocycles. The SMILES string of the molecule is Cc1c(C=N)nc(N)n2nc(C3CC(c4ccc(C(C)(C)O)cn4)C3)nc12. The number of aliphatic hydroxyl groups is 1. The summed E-state index contributed by atoms with van der Waals surface area (Å²) in [5.74, 6) is 1.63. The topological polar surface area (TPSA) is 126 Å². The van der Waals surface area contributed by atoms with Crippen LogP contribution in [0.2, 0.25) is 0 Å². The summed E-state index contributed by atoms with van der Waals surface area (Å²) >= 11 is 0. The van der Waals surface area contributed by atoms with Gasteiger partial charge in [0.05, 0.1) is 11.3 Å². The van der Waals surface area contributed by atoms with Crippen LogP contribution in [0, 0.1) is 12.3 Å². The minimum Gasteiger partial charge on any atom is -0.386 e. The third-order valence-corrected chi connectivity index (χ3v) is 5.35. The van der Waals surface area contributed by atoms with Gasteiger partial charge in [0.1, 0.15) is 0 Å². The van der Waals surface area contributed by atoms with Crippen molar-refractivity contribution in [1.29, 1.82) is 5.41 Å². The van der Waals surface area contributed by atoms with Gasteiger partial charge in [-0.05, 0) is 39.7 Å². The zero-order valence-corrected chi connectivity index (χ0v) is 15.6. The van der Waals surface area contributed by atoms with Gasteiger partial charge in [0.2, 0.25) is 5.95 Å². The molecule has 0 amide bonds. The highest BCUT2D eigenvalue weighted by atomic mass is 16.3. The van der Waals surface area contributed by atoms with E-state index in [4.69, 9.17) is 11.1 Å². The molecule has 0 bridgehead atoms. The average Bonchev–Trinajstić information content (AvgIpc) is 3.02. The summed E-state index contributed by atoms with van der Waals surface area (Å²) in [6, 6.07) is 3.93. The highest BCUT2D eigenvalue weighted by Crippen LogP contribution is 2.46. The number of aryl methyl sites for hydroxylation is 1. The van der Waals surface area contributed by atoms with Crippen molar-refractivity contribution in [2.24, 2.45) is 0 Å². The molecule has 3 aromatic rings. The summed E-state index contributed by atoms with van der Waals surface area (Å²) in [6.07, 6.45) is 4.79. The van der Waals surface area contributed by atoms with Crippen LogP contribution in [0.25, 0.3) is 5.65 Å². The maximum Gasteiger partial charge on any atom is 0.223 e. The second-order valence-corrected chi connectivity index (χ2v) is 7.73. The van der Waals surface area contributed by atoms with Crippen LogP contribution in [0.5, 0.6) is 0 Å². The Morgan fingerprint density at radius 2 is 2.00 bits per heavy atom. The van der Waals surface area contributed by atoms with Crippen molar-refractivity contribution in [1.82, 2.24) is 24.6 Å². The molecule has 0 radical (unpaired) electrons. The molecule has 3 aromatic heterocycles. The molecule has 3 heterocycles. The van der Waals surface area contributed by atoms with Crippen molar-refractivity contribution >= 4 is 17.8 Å². The van der Waals surface area contributed by atoms with Crippen LogP contribution in [-0.4, -0.2) is 35.9 Å². The lowest BCUT2D eigenvalue weighted by molar-refractivity contribution is 0.0781. The average molecular weight is 365 g/mol. The molecule has 0 aliphatic heterocycles.